The number of halogens is 1. The SMILES string of the molecule is CC1(C)CSC(c2occc2Br)N1. The molecular weight excluding hydrogens is 250 g/mol. The maximum absolute atomic E-state index is 5.41. The smallest absolute Gasteiger partial charge is 0.145 e. The van der Waals surface area contributed by atoms with Gasteiger partial charge in [-0.1, -0.05) is 0 Å². The number of hydrogen-bond donors (Lipinski definition) is 1. The monoisotopic (exact) mass is 261 g/mol. The fraction of sp³-hybridized carbons (Fsp3) is 0.556. The van der Waals surface area contributed by atoms with Crippen LogP contribution in [0.2, 0.25) is 0 Å². The summed E-state index contributed by atoms with van der Waals surface area (Å²) in [5, 5.41) is 3.80. The van der Waals surface area contributed by atoms with Crippen molar-refractivity contribution in [2.75, 3.05) is 5.75 Å². The second-order valence-electron chi connectivity index (χ2n) is 3.85. The van der Waals surface area contributed by atoms with Gasteiger partial charge >= 0.3 is 0 Å². The molecule has 72 valence electrons. The van der Waals surface area contributed by atoms with Gasteiger partial charge in [0.05, 0.1) is 10.7 Å². The van der Waals surface area contributed by atoms with Gasteiger partial charge in [0.1, 0.15) is 11.1 Å². The Hall–Kier alpha value is 0.0700. The predicted molar refractivity (Wildman–Crippen MR) is 58.8 cm³/mol. The standard InChI is InChI=1S/C9H12BrNOS/c1-9(2)5-13-8(11-9)7-6(10)3-4-12-7/h3-4,8,11H,5H2,1-2H3. The number of furan rings is 1. The van der Waals surface area contributed by atoms with Crippen molar-refractivity contribution in [1.29, 1.82) is 0 Å². The van der Waals surface area contributed by atoms with Crippen LogP contribution in [0, 0.1) is 0 Å². The van der Waals surface area contributed by atoms with E-state index in [1.54, 1.807) is 6.26 Å². The lowest BCUT2D eigenvalue weighted by Gasteiger charge is -2.17. The van der Waals surface area contributed by atoms with Crippen molar-refractivity contribution in [2.24, 2.45) is 0 Å². The molecule has 2 heterocycles. The van der Waals surface area contributed by atoms with Crippen LogP contribution in [0.4, 0.5) is 0 Å². The molecule has 1 atom stereocenters. The maximum atomic E-state index is 5.41. The molecule has 0 spiro atoms. The molecule has 0 aliphatic carbocycles. The molecule has 1 aliphatic rings. The van der Waals surface area contributed by atoms with Gasteiger partial charge in [-0.05, 0) is 35.8 Å². The molecule has 0 aromatic carbocycles. The van der Waals surface area contributed by atoms with Crippen molar-refractivity contribution in [3.63, 3.8) is 0 Å². The minimum Gasteiger partial charge on any atom is -0.466 e. The van der Waals surface area contributed by atoms with Crippen LogP contribution < -0.4 is 5.32 Å². The molecule has 0 saturated carbocycles. The largest absolute Gasteiger partial charge is 0.466 e. The van der Waals surface area contributed by atoms with Gasteiger partial charge < -0.3 is 4.42 Å². The fourth-order valence-electron chi connectivity index (χ4n) is 1.36. The van der Waals surface area contributed by atoms with Gasteiger partial charge in [0.15, 0.2) is 0 Å². The first kappa shape index (κ1) is 9.62. The fourth-order valence-corrected chi connectivity index (χ4v) is 3.35. The van der Waals surface area contributed by atoms with Crippen LogP contribution in [-0.2, 0) is 0 Å². The van der Waals surface area contributed by atoms with Crippen molar-refractivity contribution in [3.05, 3.63) is 22.6 Å². The zero-order valence-electron chi connectivity index (χ0n) is 7.63. The van der Waals surface area contributed by atoms with E-state index < -0.39 is 0 Å². The lowest BCUT2D eigenvalue weighted by molar-refractivity contribution is 0.407. The van der Waals surface area contributed by atoms with Crippen LogP contribution >= 0.6 is 27.7 Å². The molecule has 1 fully saturated rings. The predicted octanol–water partition coefficient (Wildman–Crippen LogP) is 3.16. The van der Waals surface area contributed by atoms with Crippen molar-refractivity contribution in [2.45, 2.75) is 24.8 Å². The molecule has 1 aromatic rings. The molecule has 1 saturated heterocycles. The van der Waals surface area contributed by atoms with Crippen LogP contribution in [-0.4, -0.2) is 11.3 Å². The van der Waals surface area contributed by atoms with Gasteiger partial charge in [0, 0.05) is 11.3 Å². The quantitative estimate of drug-likeness (QED) is 0.841. The van der Waals surface area contributed by atoms with Crippen LogP contribution in [0.3, 0.4) is 0 Å². The van der Waals surface area contributed by atoms with Crippen LogP contribution in [0.5, 0.6) is 0 Å². The highest BCUT2D eigenvalue weighted by Crippen LogP contribution is 2.40. The molecule has 2 nitrogen and oxygen atoms in total. The minimum absolute atomic E-state index is 0.210. The van der Waals surface area contributed by atoms with E-state index in [4.69, 9.17) is 4.42 Å². The first-order chi connectivity index (χ1) is 6.08. The lowest BCUT2D eigenvalue weighted by Crippen LogP contribution is -2.35. The Bertz CT molecular complexity index is 310. The number of hydrogen-bond acceptors (Lipinski definition) is 3. The van der Waals surface area contributed by atoms with E-state index in [0.717, 1.165) is 16.0 Å². The third-order valence-electron chi connectivity index (χ3n) is 2.02. The summed E-state index contributed by atoms with van der Waals surface area (Å²) in [7, 11) is 0. The Kier molecular flexibility index (Phi) is 2.47. The summed E-state index contributed by atoms with van der Waals surface area (Å²) >= 11 is 5.35. The minimum atomic E-state index is 0.210. The van der Waals surface area contributed by atoms with Gasteiger partial charge in [-0.2, -0.15) is 0 Å². The van der Waals surface area contributed by atoms with E-state index in [2.05, 4.69) is 35.1 Å². The van der Waals surface area contributed by atoms with Crippen molar-refractivity contribution in [3.8, 4) is 0 Å². The zero-order chi connectivity index (χ0) is 9.47. The second-order valence-corrected chi connectivity index (χ2v) is 5.80. The summed E-state index contributed by atoms with van der Waals surface area (Å²) in [6, 6.07) is 1.93. The second kappa shape index (κ2) is 3.33. The van der Waals surface area contributed by atoms with E-state index >= 15 is 0 Å². The van der Waals surface area contributed by atoms with Gasteiger partial charge in [0.25, 0.3) is 0 Å². The average molecular weight is 262 g/mol. The van der Waals surface area contributed by atoms with E-state index in [-0.39, 0.29) is 5.54 Å². The summed E-state index contributed by atoms with van der Waals surface area (Å²) in [4.78, 5) is 0. The molecule has 13 heavy (non-hydrogen) atoms. The molecule has 1 aliphatic heterocycles. The number of rotatable bonds is 1. The molecular formula is C9H12BrNOS. The summed E-state index contributed by atoms with van der Waals surface area (Å²) in [6.07, 6.45) is 1.72. The van der Waals surface area contributed by atoms with Crippen LogP contribution in [0.15, 0.2) is 21.2 Å². The molecule has 0 radical (unpaired) electrons. The number of nitrogens with one attached hydrogen (secondary N) is 1. The highest BCUT2D eigenvalue weighted by molar-refractivity contribution is 9.10. The molecule has 0 amide bonds. The van der Waals surface area contributed by atoms with Crippen molar-refractivity contribution >= 4 is 27.7 Å². The Morgan fingerprint density at radius 3 is 2.92 bits per heavy atom. The van der Waals surface area contributed by atoms with Gasteiger partial charge in [-0.3, -0.25) is 5.32 Å². The van der Waals surface area contributed by atoms with E-state index in [1.165, 1.54) is 0 Å². The molecule has 4 heteroatoms. The van der Waals surface area contributed by atoms with Gasteiger partial charge in [-0.25, -0.2) is 0 Å². The van der Waals surface area contributed by atoms with Crippen molar-refractivity contribution in [1.82, 2.24) is 5.32 Å². The first-order valence-corrected chi connectivity index (χ1v) is 6.05. The third-order valence-corrected chi connectivity index (χ3v) is 4.22. The summed E-state index contributed by atoms with van der Waals surface area (Å²) in [5.74, 6) is 2.11. The maximum Gasteiger partial charge on any atom is 0.145 e. The average Bonchev–Trinajstić information content (AvgIpc) is 2.56. The Balaban J connectivity index is 2.17. The first-order valence-electron chi connectivity index (χ1n) is 4.21. The van der Waals surface area contributed by atoms with Crippen LogP contribution in [0.1, 0.15) is 25.0 Å². The Morgan fingerprint density at radius 1 is 1.69 bits per heavy atom. The number of thioether (sulfide) groups is 1. The van der Waals surface area contributed by atoms with Gasteiger partial charge in [0.2, 0.25) is 0 Å². The third kappa shape index (κ3) is 1.95. The summed E-state index contributed by atoms with van der Waals surface area (Å²) < 4.78 is 6.46. The Morgan fingerprint density at radius 2 is 2.46 bits per heavy atom. The van der Waals surface area contributed by atoms with Gasteiger partial charge in [-0.15, -0.1) is 11.8 Å². The summed E-state index contributed by atoms with van der Waals surface area (Å²) in [6.45, 7) is 4.41. The zero-order valence-corrected chi connectivity index (χ0v) is 10.0. The Labute approximate surface area is 90.6 Å². The van der Waals surface area contributed by atoms with Crippen molar-refractivity contribution < 1.29 is 4.42 Å². The molecule has 1 N–H and O–H groups in total. The topological polar surface area (TPSA) is 25.2 Å². The van der Waals surface area contributed by atoms with E-state index in [9.17, 15) is 0 Å². The molecule has 2 rings (SSSR count). The molecule has 1 unspecified atom stereocenters. The normalized spacial score (nSPS) is 26.5. The van der Waals surface area contributed by atoms with E-state index in [0.29, 0.717) is 5.37 Å². The molecule has 1 aromatic heterocycles. The highest BCUT2D eigenvalue weighted by atomic mass is 79.9. The molecule has 0 bridgehead atoms. The lowest BCUT2D eigenvalue weighted by atomic mass is 10.1. The highest BCUT2D eigenvalue weighted by Gasteiger charge is 2.33. The van der Waals surface area contributed by atoms with E-state index in [1.807, 2.05) is 17.8 Å². The van der Waals surface area contributed by atoms with Crippen LogP contribution in [0.25, 0.3) is 0 Å². The summed E-state index contributed by atoms with van der Waals surface area (Å²) in [5.41, 5.74) is 0.210.